The summed E-state index contributed by atoms with van der Waals surface area (Å²) in [5.41, 5.74) is 0.933. The Morgan fingerprint density at radius 3 is 1.89 bits per heavy atom. The van der Waals surface area contributed by atoms with Crippen LogP contribution in [0.1, 0.15) is 31.7 Å². The first-order valence-electron chi connectivity index (χ1n) is 6.40. The zero-order valence-electron chi connectivity index (χ0n) is 12.5. The lowest BCUT2D eigenvalue weighted by Gasteiger charge is -2.24. The van der Waals surface area contributed by atoms with E-state index in [2.05, 4.69) is 20.8 Å². The van der Waals surface area contributed by atoms with Gasteiger partial charge in [0.2, 0.25) is 5.75 Å². The molecule has 19 heavy (non-hydrogen) atoms. The minimum atomic E-state index is -0.130. The van der Waals surface area contributed by atoms with Gasteiger partial charge in [0.25, 0.3) is 0 Å². The Balaban J connectivity index is 3.28. The first kappa shape index (κ1) is 16.0. The molecule has 0 aromatic heterocycles. The molecule has 1 aromatic rings. The Kier molecular flexibility index (Phi) is 5.80. The Morgan fingerprint density at radius 1 is 0.895 bits per heavy atom. The molecule has 3 nitrogen and oxygen atoms in total. The molecule has 0 radical (unpaired) electrons. The van der Waals surface area contributed by atoms with E-state index in [1.165, 1.54) is 0 Å². The van der Waals surface area contributed by atoms with Gasteiger partial charge in [-0.1, -0.05) is 20.8 Å². The Morgan fingerprint density at radius 2 is 1.47 bits per heavy atom. The summed E-state index contributed by atoms with van der Waals surface area (Å²) in [6.07, 6.45) is 0. The van der Waals surface area contributed by atoms with Gasteiger partial charge in [0, 0.05) is 5.56 Å². The molecule has 0 saturated carbocycles. The van der Waals surface area contributed by atoms with Crippen molar-refractivity contribution in [1.82, 2.24) is 0 Å². The molecule has 0 amide bonds. The lowest BCUT2D eigenvalue weighted by molar-refractivity contribution is 0.318. The molecular formula is C15H23ClO3. The second-order valence-electron chi connectivity index (χ2n) is 4.93. The molecule has 0 aliphatic rings. The van der Waals surface area contributed by atoms with Gasteiger partial charge in [0.05, 0.1) is 26.7 Å². The van der Waals surface area contributed by atoms with Gasteiger partial charge in [0.15, 0.2) is 11.5 Å². The number of hydrogen-bond donors (Lipinski definition) is 0. The zero-order valence-corrected chi connectivity index (χ0v) is 13.2. The van der Waals surface area contributed by atoms with Crippen molar-refractivity contribution in [1.29, 1.82) is 0 Å². The Labute approximate surface area is 120 Å². The molecule has 0 saturated heterocycles. The van der Waals surface area contributed by atoms with Crippen molar-refractivity contribution in [2.75, 3.05) is 21.3 Å². The van der Waals surface area contributed by atoms with Crippen LogP contribution in [-0.2, 0) is 0 Å². The van der Waals surface area contributed by atoms with E-state index in [0.717, 1.165) is 5.56 Å². The van der Waals surface area contributed by atoms with Crippen LogP contribution in [0.4, 0.5) is 0 Å². The van der Waals surface area contributed by atoms with Crippen LogP contribution in [0.25, 0.3) is 0 Å². The van der Waals surface area contributed by atoms with E-state index in [1.807, 2.05) is 12.1 Å². The van der Waals surface area contributed by atoms with E-state index in [-0.39, 0.29) is 5.38 Å². The van der Waals surface area contributed by atoms with E-state index in [4.69, 9.17) is 25.8 Å². The molecule has 1 aromatic carbocycles. The van der Waals surface area contributed by atoms with Crippen molar-refractivity contribution >= 4 is 11.6 Å². The van der Waals surface area contributed by atoms with Gasteiger partial charge in [-0.3, -0.25) is 0 Å². The molecule has 0 fully saturated rings. The topological polar surface area (TPSA) is 27.7 Å². The highest BCUT2D eigenvalue weighted by molar-refractivity contribution is 6.21. The van der Waals surface area contributed by atoms with E-state index in [1.54, 1.807) is 21.3 Å². The van der Waals surface area contributed by atoms with Gasteiger partial charge in [-0.2, -0.15) is 0 Å². The van der Waals surface area contributed by atoms with Crippen LogP contribution < -0.4 is 14.2 Å². The van der Waals surface area contributed by atoms with Crippen LogP contribution >= 0.6 is 11.6 Å². The van der Waals surface area contributed by atoms with Crippen molar-refractivity contribution in [3.8, 4) is 17.2 Å². The summed E-state index contributed by atoms with van der Waals surface area (Å²) in [5, 5.41) is -0.130. The van der Waals surface area contributed by atoms with Crippen molar-refractivity contribution in [3.63, 3.8) is 0 Å². The van der Waals surface area contributed by atoms with E-state index in [0.29, 0.717) is 29.1 Å². The van der Waals surface area contributed by atoms with E-state index in [9.17, 15) is 0 Å². The minimum Gasteiger partial charge on any atom is -0.493 e. The lowest BCUT2D eigenvalue weighted by Crippen LogP contribution is -2.12. The van der Waals surface area contributed by atoms with Crippen LogP contribution in [0.5, 0.6) is 17.2 Å². The maximum Gasteiger partial charge on any atom is 0.203 e. The van der Waals surface area contributed by atoms with Crippen molar-refractivity contribution < 1.29 is 14.2 Å². The Bertz CT molecular complexity index is 418. The maximum absolute atomic E-state index is 6.58. The first-order chi connectivity index (χ1) is 8.97. The van der Waals surface area contributed by atoms with Crippen molar-refractivity contribution in [3.05, 3.63) is 17.7 Å². The number of hydrogen-bond acceptors (Lipinski definition) is 3. The van der Waals surface area contributed by atoms with Gasteiger partial charge in [-0.15, -0.1) is 11.6 Å². The number of benzene rings is 1. The van der Waals surface area contributed by atoms with Gasteiger partial charge in [-0.25, -0.2) is 0 Å². The molecule has 0 N–H and O–H groups in total. The van der Waals surface area contributed by atoms with Gasteiger partial charge in [-0.05, 0) is 24.0 Å². The summed E-state index contributed by atoms with van der Waals surface area (Å²) in [6.45, 7) is 6.46. The summed E-state index contributed by atoms with van der Waals surface area (Å²) < 4.78 is 16.1. The molecule has 4 heteroatoms. The zero-order chi connectivity index (χ0) is 14.6. The fourth-order valence-electron chi connectivity index (χ4n) is 1.96. The summed E-state index contributed by atoms with van der Waals surface area (Å²) in [7, 11) is 4.82. The van der Waals surface area contributed by atoms with Crippen LogP contribution in [0.15, 0.2) is 12.1 Å². The minimum absolute atomic E-state index is 0.130. The molecule has 0 spiro atoms. The Hall–Kier alpha value is -1.09. The van der Waals surface area contributed by atoms with Crippen molar-refractivity contribution in [2.45, 2.75) is 26.1 Å². The summed E-state index contributed by atoms with van der Waals surface area (Å²) in [5.74, 6) is 2.69. The van der Waals surface area contributed by atoms with Gasteiger partial charge in [0.1, 0.15) is 0 Å². The van der Waals surface area contributed by atoms with E-state index < -0.39 is 0 Å². The van der Waals surface area contributed by atoms with Crippen LogP contribution in [0.2, 0.25) is 0 Å². The average Bonchev–Trinajstić information content (AvgIpc) is 2.43. The summed E-state index contributed by atoms with van der Waals surface area (Å²) in [6, 6.07) is 3.80. The maximum atomic E-state index is 6.58. The third-order valence-corrected chi connectivity index (χ3v) is 4.18. The highest BCUT2D eigenvalue weighted by Crippen LogP contribution is 2.46. The number of methoxy groups -OCH3 is 3. The van der Waals surface area contributed by atoms with Crippen LogP contribution in [0, 0.1) is 11.8 Å². The van der Waals surface area contributed by atoms with Crippen LogP contribution in [-0.4, -0.2) is 21.3 Å². The smallest absolute Gasteiger partial charge is 0.203 e. The predicted molar refractivity (Wildman–Crippen MR) is 78.7 cm³/mol. The molecular weight excluding hydrogens is 264 g/mol. The first-order valence-corrected chi connectivity index (χ1v) is 6.84. The molecule has 0 bridgehead atoms. The number of halogens is 1. The quantitative estimate of drug-likeness (QED) is 0.730. The van der Waals surface area contributed by atoms with Gasteiger partial charge < -0.3 is 14.2 Å². The molecule has 1 rings (SSSR count). The molecule has 2 atom stereocenters. The van der Waals surface area contributed by atoms with Crippen LogP contribution in [0.3, 0.4) is 0 Å². The number of rotatable bonds is 6. The third kappa shape index (κ3) is 3.27. The second kappa shape index (κ2) is 6.90. The van der Waals surface area contributed by atoms with E-state index >= 15 is 0 Å². The summed E-state index contributed by atoms with van der Waals surface area (Å²) >= 11 is 6.58. The molecule has 0 aliphatic carbocycles. The largest absolute Gasteiger partial charge is 0.493 e. The molecule has 108 valence electrons. The normalized spacial score (nSPS) is 14.1. The highest BCUT2D eigenvalue weighted by atomic mass is 35.5. The van der Waals surface area contributed by atoms with Crippen molar-refractivity contribution in [2.24, 2.45) is 11.8 Å². The number of ether oxygens (including phenoxy) is 3. The summed E-state index contributed by atoms with van der Waals surface area (Å²) in [4.78, 5) is 0. The predicted octanol–water partition coefficient (Wildman–Crippen LogP) is 4.28. The lowest BCUT2D eigenvalue weighted by atomic mass is 9.90. The molecule has 0 heterocycles. The standard InChI is InChI=1S/C15H23ClO3/c1-9(2)10(3)13(16)11-7-8-12(17-4)15(19-6)14(11)18-5/h7-10,13H,1-6H3. The van der Waals surface area contributed by atoms with Gasteiger partial charge >= 0.3 is 0 Å². The average molecular weight is 287 g/mol. The SMILES string of the molecule is COc1ccc(C(Cl)C(C)C(C)C)c(OC)c1OC. The monoisotopic (exact) mass is 286 g/mol. The molecule has 2 unspecified atom stereocenters. The molecule has 0 aliphatic heterocycles. The number of alkyl halides is 1. The second-order valence-corrected chi connectivity index (χ2v) is 5.40. The fourth-order valence-corrected chi connectivity index (χ4v) is 2.43. The fraction of sp³-hybridized carbons (Fsp3) is 0.600. The third-order valence-electron chi connectivity index (χ3n) is 3.54. The highest BCUT2D eigenvalue weighted by Gasteiger charge is 2.26.